The molecule has 0 unspecified atom stereocenters. The largest absolute Gasteiger partial charge is 0.379 e. The molecule has 132 valence electrons. The van der Waals surface area contributed by atoms with Gasteiger partial charge in [-0.25, -0.2) is 0 Å². The molecule has 0 aromatic carbocycles. The minimum atomic E-state index is 0.223. The summed E-state index contributed by atoms with van der Waals surface area (Å²) in [6.45, 7) is 4.66. The smallest absolute Gasteiger partial charge is 0.188 e. The summed E-state index contributed by atoms with van der Waals surface area (Å²) in [5.41, 5.74) is 6.43. The molecule has 0 amide bonds. The molecule has 0 spiro atoms. The lowest BCUT2D eigenvalue weighted by molar-refractivity contribution is -0.0333. The van der Waals surface area contributed by atoms with Crippen LogP contribution in [0.3, 0.4) is 0 Å². The van der Waals surface area contributed by atoms with Gasteiger partial charge in [0.05, 0.1) is 19.8 Å². The molecule has 1 heterocycles. The average Bonchev–Trinajstić information content (AvgIpc) is 2.62. The van der Waals surface area contributed by atoms with E-state index >= 15 is 0 Å². The molecule has 2 saturated carbocycles. The fourth-order valence-electron chi connectivity index (χ4n) is 4.56. The van der Waals surface area contributed by atoms with Crippen molar-refractivity contribution in [3.05, 3.63) is 0 Å². The van der Waals surface area contributed by atoms with Gasteiger partial charge in [0, 0.05) is 24.7 Å². The van der Waals surface area contributed by atoms with Gasteiger partial charge in [0.1, 0.15) is 0 Å². The summed E-state index contributed by atoms with van der Waals surface area (Å²) in [7, 11) is 0. The summed E-state index contributed by atoms with van der Waals surface area (Å²) in [6.07, 6.45) is 13.0. The van der Waals surface area contributed by atoms with E-state index in [2.05, 4.69) is 10.2 Å². The van der Waals surface area contributed by atoms with Crippen LogP contribution in [0, 0.1) is 0 Å². The maximum atomic E-state index is 6.21. The second-order valence-corrected chi connectivity index (χ2v) is 7.57. The molecule has 1 aliphatic heterocycles. The van der Waals surface area contributed by atoms with Gasteiger partial charge in [0.15, 0.2) is 5.96 Å². The fourth-order valence-corrected chi connectivity index (χ4v) is 4.56. The van der Waals surface area contributed by atoms with Gasteiger partial charge in [0.2, 0.25) is 0 Å². The van der Waals surface area contributed by atoms with E-state index in [1.807, 2.05) is 0 Å². The first kappa shape index (κ1) is 17.0. The Morgan fingerprint density at radius 3 is 2.39 bits per heavy atom. The van der Waals surface area contributed by atoms with Gasteiger partial charge in [-0.15, -0.1) is 0 Å². The Balaban J connectivity index is 1.59. The van der Waals surface area contributed by atoms with Gasteiger partial charge in [0.25, 0.3) is 0 Å². The first-order valence-corrected chi connectivity index (χ1v) is 9.68. The molecule has 5 heteroatoms. The van der Waals surface area contributed by atoms with Gasteiger partial charge in [-0.05, 0) is 25.7 Å². The number of hydrogen-bond acceptors (Lipinski definition) is 3. The van der Waals surface area contributed by atoms with Crippen molar-refractivity contribution in [1.29, 1.82) is 0 Å². The quantitative estimate of drug-likeness (QED) is 0.615. The van der Waals surface area contributed by atoms with E-state index in [1.54, 1.807) is 0 Å². The molecular weight excluding hydrogens is 288 g/mol. The Bertz CT molecular complexity index is 380. The number of rotatable bonds is 4. The molecule has 1 saturated heterocycles. The monoisotopic (exact) mass is 322 g/mol. The predicted octanol–water partition coefficient (Wildman–Crippen LogP) is 2.26. The summed E-state index contributed by atoms with van der Waals surface area (Å²) in [6, 6.07) is 0.540. The Morgan fingerprint density at radius 2 is 1.70 bits per heavy atom. The summed E-state index contributed by atoms with van der Waals surface area (Å²) in [5.74, 6) is 0.662. The van der Waals surface area contributed by atoms with E-state index < -0.39 is 0 Å². The van der Waals surface area contributed by atoms with Crippen LogP contribution in [0.2, 0.25) is 0 Å². The Hall–Kier alpha value is -0.810. The van der Waals surface area contributed by atoms with Crippen molar-refractivity contribution in [1.82, 2.24) is 10.2 Å². The Kier molecular flexibility index (Phi) is 6.17. The van der Waals surface area contributed by atoms with E-state index in [1.165, 1.54) is 64.2 Å². The van der Waals surface area contributed by atoms with Gasteiger partial charge >= 0.3 is 0 Å². The molecule has 0 radical (unpaired) electrons. The van der Waals surface area contributed by atoms with Crippen LogP contribution in [-0.4, -0.2) is 55.3 Å². The van der Waals surface area contributed by atoms with Gasteiger partial charge in [-0.2, -0.15) is 0 Å². The lowest BCUT2D eigenvalue weighted by atomic mass is 9.80. The molecule has 5 nitrogen and oxygen atoms in total. The number of morpholine rings is 1. The summed E-state index contributed by atoms with van der Waals surface area (Å²) < 4.78 is 5.55. The van der Waals surface area contributed by atoms with E-state index in [9.17, 15) is 0 Å². The molecule has 3 fully saturated rings. The average molecular weight is 322 g/mol. The van der Waals surface area contributed by atoms with Crippen molar-refractivity contribution in [3.8, 4) is 0 Å². The second-order valence-electron chi connectivity index (χ2n) is 7.57. The number of nitrogens with two attached hydrogens (primary N) is 1. The van der Waals surface area contributed by atoms with Crippen LogP contribution in [0.1, 0.15) is 64.2 Å². The minimum Gasteiger partial charge on any atom is -0.379 e. The lowest BCUT2D eigenvalue weighted by Crippen LogP contribution is -2.56. The van der Waals surface area contributed by atoms with Crippen LogP contribution in [0.15, 0.2) is 4.99 Å². The van der Waals surface area contributed by atoms with Crippen molar-refractivity contribution < 1.29 is 4.74 Å². The fraction of sp³-hybridized carbons (Fsp3) is 0.944. The highest BCUT2D eigenvalue weighted by molar-refractivity contribution is 5.78. The van der Waals surface area contributed by atoms with Crippen molar-refractivity contribution in [3.63, 3.8) is 0 Å². The highest BCUT2D eigenvalue weighted by atomic mass is 16.5. The molecule has 0 aromatic rings. The maximum Gasteiger partial charge on any atom is 0.188 e. The van der Waals surface area contributed by atoms with Gasteiger partial charge in [-0.1, -0.05) is 38.5 Å². The van der Waals surface area contributed by atoms with E-state index in [0.29, 0.717) is 12.0 Å². The SMILES string of the molecule is NC(=NCC1(N2CCOCC2)CCCCC1)NC1CCCCC1. The first-order chi connectivity index (χ1) is 11.3. The van der Waals surface area contributed by atoms with E-state index in [4.69, 9.17) is 15.5 Å². The van der Waals surface area contributed by atoms with Gasteiger partial charge < -0.3 is 15.8 Å². The normalized spacial score (nSPS) is 27.7. The zero-order valence-electron chi connectivity index (χ0n) is 14.6. The highest BCUT2D eigenvalue weighted by Crippen LogP contribution is 2.34. The third kappa shape index (κ3) is 4.60. The van der Waals surface area contributed by atoms with Crippen molar-refractivity contribution >= 4 is 5.96 Å². The molecule has 3 N–H and O–H groups in total. The highest BCUT2D eigenvalue weighted by Gasteiger charge is 2.38. The lowest BCUT2D eigenvalue weighted by Gasteiger charge is -2.47. The standard InChI is InChI=1S/C18H34N4O/c19-17(21-16-7-3-1-4-8-16)20-15-18(9-5-2-6-10-18)22-11-13-23-14-12-22/h16H,1-15H2,(H3,19,20,21). The summed E-state index contributed by atoms with van der Waals surface area (Å²) >= 11 is 0. The number of aliphatic imine (C=N–C) groups is 1. The van der Waals surface area contributed by atoms with Crippen LogP contribution in [0.25, 0.3) is 0 Å². The van der Waals surface area contributed by atoms with Crippen LogP contribution in [-0.2, 0) is 4.74 Å². The van der Waals surface area contributed by atoms with E-state index in [-0.39, 0.29) is 5.54 Å². The zero-order chi connectivity index (χ0) is 16.0. The van der Waals surface area contributed by atoms with Crippen LogP contribution < -0.4 is 11.1 Å². The maximum absolute atomic E-state index is 6.21. The topological polar surface area (TPSA) is 62.9 Å². The van der Waals surface area contributed by atoms with Crippen molar-refractivity contribution in [2.75, 3.05) is 32.8 Å². The molecule has 0 atom stereocenters. The molecule has 0 bridgehead atoms. The van der Waals surface area contributed by atoms with Crippen molar-refractivity contribution in [2.45, 2.75) is 75.8 Å². The first-order valence-electron chi connectivity index (χ1n) is 9.68. The number of guanidine groups is 1. The minimum absolute atomic E-state index is 0.223. The predicted molar refractivity (Wildman–Crippen MR) is 94.7 cm³/mol. The number of nitrogens with zero attached hydrogens (tertiary/aromatic N) is 2. The molecule has 23 heavy (non-hydrogen) atoms. The second kappa shape index (κ2) is 8.34. The van der Waals surface area contributed by atoms with Crippen molar-refractivity contribution in [2.24, 2.45) is 10.7 Å². The molecule has 3 rings (SSSR count). The molecule has 0 aromatic heterocycles. The number of hydrogen-bond donors (Lipinski definition) is 2. The van der Waals surface area contributed by atoms with Gasteiger partial charge in [-0.3, -0.25) is 9.89 Å². The van der Waals surface area contributed by atoms with Crippen LogP contribution in [0.4, 0.5) is 0 Å². The molecular formula is C18H34N4O. The third-order valence-corrected chi connectivity index (χ3v) is 5.97. The van der Waals surface area contributed by atoms with E-state index in [0.717, 1.165) is 32.8 Å². The van der Waals surface area contributed by atoms with Crippen LogP contribution in [0.5, 0.6) is 0 Å². The van der Waals surface area contributed by atoms with Crippen LogP contribution >= 0.6 is 0 Å². The molecule has 2 aliphatic carbocycles. The Morgan fingerprint density at radius 1 is 1.04 bits per heavy atom. The Labute approximate surface area is 141 Å². The molecule has 3 aliphatic rings. The number of ether oxygens (including phenoxy) is 1. The summed E-state index contributed by atoms with van der Waals surface area (Å²) in [5, 5.41) is 3.46. The zero-order valence-corrected chi connectivity index (χ0v) is 14.6. The summed E-state index contributed by atoms with van der Waals surface area (Å²) in [4.78, 5) is 7.42. The third-order valence-electron chi connectivity index (χ3n) is 5.97. The number of nitrogens with one attached hydrogen (secondary N) is 1.